The van der Waals surface area contributed by atoms with Gasteiger partial charge in [-0.15, -0.1) is 12.4 Å². The molecule has 0 spiro atoms. The number of benzene rings is 2. The molecule has 0 bridgehead atoms. The molecule has 0 N–H and O–H groups in total. The van der Waals surface area contributed by atoms with E-state index in [1.165, 1.54) is 29.0 Å². The standard InChI is InChI=1S/C23H28N4O3S.ClH/c1-5-25(6-2)11-12-26(21(28)15-18-7-9-19(10-8-18)27(29)30)23-24-22-17(4)13-16(3)14-20(22)31-23;/h7-10,13-14H,5-6,11-12,15H2,1-4H3;1H. The first-order chi connectivity index (χ1) is 14.8. The largest absolute Gasteiger partial charge is 0.302 e. The maximum absolute atomic E-state index is 13.3. The van der Waals surface area contributed by atoms with Crippen LogP contribution < -0.4 is 4.90 Å². The van der Waals surface area contributed by atoms with Crippen molar-refractivity contribution in [2.24, 2.45) is 0 Å². The molecule has 0 aliphatic heterocycles. The molecule has 1 heterocycles. The lowest BCUT2D eigenvalue weighted by atomic mass is 10.1. The summed E-state index contributed by atoms with van der Waals surface area (Å²) in [5.41, 5.74) is 3.97. The first-order valence-electron chi connectivity index (χ1n) is 10.5. The fourth-order valence-electron chi connectivity index (χ4n) is 3.59. The Morgan fingerprint density at radius 1 is 1.09 bits per heavy atom. The van der Waals surface area contributed by atoms with Crippen LogP contribution in [-0.4, -0.2) is 46.9 Å². The lowest BCUT2D eigenvalue weighted by Crippen LogP contribution is -2.39. The molecule has 0 saturated heterocycles. The lowest BCUT2D eigenvalue weighted by Gasteiger charge is -2.24. The van der Waals surface area contributed by atoms with Crippen molar-refractivity contribution in [1.29, 1.82) is 0 Å². The molecule has 0 unspecified atom stereocenters. The number of nitro benzene ring substituents is 1. The van der Waals surface area contributed by atoms with E-state index in [0.717, 1.165) is 41.0 Å². The zero-order valence-corrected chi connectivity index (χ0v) is 20.5. The average Bonchev–Trinajstić information content (AvgIpc) is 3.15. The molecule has 7 nitrogen and oxygen atoms in total. The Labute approximate surface area is 198 Å². The van der Waals surface area contributed by atoms with Crippen molar-refractivity contribution in [3.63, 3.8) is 0 Å². The highest BCUT2D eigenvalue weighted by Gasteiger charge is 2.21. The molecule has 0 radical (unpaired) electrons. The van der Waals surface area contributed by atoms with Gasteiger partial charge in [0, 0.05) is 25.2 Å². The van der Waals surface area contributed by atoms with Crippen LogP contribution in [0.1, 0.15) is 30.5 Å². The number of aryl methyl sites for hydroxylation is 2. The Kier molecular flexibility index (Phi) is 9.12. The Morgan fingerprint density at radius 3 is 2.34 bits per heavy atom. The van der Waals surface area contributed by atoms with Crippen LogP contribution in [0.15, 0.2) is 36.4 Å². The van der Waals surface area contributed by atoms with Crippen molar-refractivity contribution in [2.45, 2.75) is 34.1 Å². The van der Waals surface area contributed by atoms with Gasteiger partial charge in [0.15, 0.2) is 5.13 Å². The van der Waals surface area contributed by atoms with E-state index < -0.39 is 4.92 Å². The molecule has 1 amide bonds. The minimum absolute atomic E-state index is 0. The van der Waals surface area contributed by atoms with E-state index in [0.29, 0.717) is 11.7 Å². The summed E-state index contributed by atoms with van der Waals surface area (Å²) < 4.78 is 1.07. The summed E-state index contributed by atoms with van der Waals surface area (Å²) in [5, 5.41) is 11.6. The van der Waals surface area contributed by atoms with Crippen molar-refractivity contribution < 1.29 is 9.72 Å². The summed E-state index contributed by atoms with van der Waals surface area (Å²) in [5.74, 6) is -0.0607. The Bertz CT molecular complexity index is 1080. The molecule has 0 saturated carbocycles. The number of hydrogen-bond acceptors (Lipinski definition) is 6. The van der Waals surface area contributed by atoms with E-state index in [9.17, 15) is 14.9 Å². The number of carbonyl (C=O) groups excluding carboxylic acids is 1. The van der Waals surface area contributed by atoms with E-state index >= 15 is 0 Å². The molecule has 3 rings (SSSR count). The molecular weight excluding hydrogens is 448 g/mol. The van der Waals surface area contributed by atoms with Crippen molar-refractivity contribution >= 4 is 50.7 Å². The average molecular weight is 477 g/mol. The SMILES string of the molecule is CCN(CC)CCN(C(=O)Cc1ccc([N+](=O)[O-])cc1)c1nc2c(C)cc(C)cc2s1.Cl. The molecule has 1 aromatic heterocycles. The van der Waals surface area contributed by atoms with Crippen LogP contribution in [0.5, 0.6) is 0 Å². The molecule has 9 heteroatoms. The minimum Gasteiger partial charge on any atom is -0.302 e. The van der Waals surface area contributed by atoms with E-state index in [4.69, 9.17) is 4.98 Å². The van der Waals surface area contributed by atoms with Crippen molar-refractivity contribution in [3.8, 4) is 0 Å². The molecule has 0 fully saturated rings. The molecule has 0 aliphatic rings. The van der Waals surface area contributed by atoms with Crippen LogP contribution in [0.25, 0.3) is 10.2 Å². The Morgan fingerprint density at radius 2 is 1.75 bits per heavy atom. The topological polar surface area (TPSA) is 79.6 Å². The number of anilines is 1. The first-order valence-corrected chi connectivity index (χ1v) is 11.3. The summed E-state index contributed by atoms with van der Waals surface area (Å²) in [6.45, 7) is 11.4. The zero-order valence-electron chi connectivity index (χ0n) is 18.8. The smallest absolute Gasteiger partial charge is 0.269 e. The van der Waals surface area contributed by atoms with Gasteiger partial charge in [-0.3, -0.25) is 19.8 Å². The number of amides is 1. The monoisotopic (exact) mass is 476 g/mol. The highest BCUT2D eigenvalue weighted by molar-refractivity contribution is 7.22. The van der Waals surface area contributed by atoms with Crippen molar-refractivity contribution in [1.82, 2.24) is 9.88 Å². The van der Waals surface area contributed by atoms with Gasteiger partial charge in [-0.2, -0.15) is 0 Å². The van der Waals surface area contributed by atoms with Crippen LogP contribution in [0.4, 0.5) is 10.8 Å². The van der Waals surface area contributed by atoms with Crippen molar-refractivity contribution in [2.75, 3.05) is 31.1 Å². The second kappa shape index (κ2) is 11.4. The molecule has 3 aromatic rings. The summed E-state index contributed by atoms with van der Waals surface area (Å²) in [4.78, 5) is 32.6. The van der Waals surface area contributed by atoms with E-state index in [1.54, 1.807) is 17.0 Å². The number of non-ortho nitro benzene ring substituents is 1. The van der Waals surface area contributed by atoms with Gasteiger partial charge >= 0.3 is 0 Å². The number of fused-ring (bicyclic) bond motifs is 1. The fourth-order valence-corrected chi connectivity index (χ4v) is 4.77. The number of nitro groups is 1. The number of aromatic nitrogens is 1. The number of thiazole rings is 1. The van der Waals surface area contributed by atoms with E-state index in [2.05, 4.69) is 37.8 Å². The number of halogens is 1. The highest BCUT2D eigenvalue weighted by atomic mass is 35.5. The molecule has 172 valence electrons. The lowest BCUT2D eigenvalue weighted by molar-refractivity contribution is -0.384. The van der Waals surface area contributed by atoms with Crippen LogP contribution in [0, 0.1) is 24.0 Å². The van der Waals surface area contributed by atoms with E-state index in [-0.39, 0.29) is 30.4 Å². The summed E-state index contributed by atoms with van der Waals surface area (Å²) >= 11 is 1.53. The van der Waals surface area contributed by atoms with Crippen LogP contribution >= 0.6 is 23.7 Å². The predicted molar refractivity (Wildman–Crippen MR) is 133 cm³/mol. The Balaban J connectivity index is 0.00000363. The number of nitrogens with zero attached hydrogens (tertiary/aromatic N) is 4. The van der Waals surface area contributed by atoms with Gasteiger partial charge in [0.05, 0.1) is 21.6 Å². The molecule has 32 heavy (non-hydrogen) atoms. The second-order valence-corrected chi connectivity index (χ2v) is 8.61. The van der Waals surface area contributed by atoms with Gasteiger partial charge in [0.25, 0.3) is 5.69 Å². The van der Waals surface area contributed by atoms with Gasteiger partial charge in [0.2, 0.25) is 5.91 Å². The quantitative estimate of drug-likeness (QED) is 0.315. The number of likely N-dealkylation sites (N-methyl/N-ethyl adjacent to an activating group) is 1. The third-order valence-electron chi connectivity index (χ3n) is 5.39. The summed E-state index contributed by atoms with van der Waals surface area (Å²) in [6, 6.07) is 10.4. The predicted octanol–water partition coefficient (Wildman–Crippen LogP) is 5.16. The first kappa shape index (κ1) is 25.7. The zero-order chi connectivity index (χ0) is 22.5. The molecule has 0 aliphatic carbocycles. The van der Waals surface area contributed by atoms with Crippen LogP contribution in [0.2, 0.25) is 0 Å². The fraction of sp³-hybridized carbons (Fsp3) is 0.391. The van der Waals surface area contributed by atoms with Gasteiger partial charge in [0.1, 0.15) is 0 Å². The molecule has 0 atom stereocenters. The Hall–Kier alpha value is -2.55. The number of rotatable bonds is 9. The van der Waals surface area contributed by atoms with Crippen molar-refractivity contribution in [3.05, 3.63) is 63.2 Å². The minimum atomic E-state index is -0.437. The van der Waals surface area contributed by atoms with E-state index in [1.807, 2.05) is 6.92 Å². The van der Waals surface area contributed by atoms with Gasteiger partial charge < -0.3 is 4.90 Å². The molecular formula is C23H29ClN4O3S. The van der Waals surface area contributed by atoms with Gasteiger partial charge in [-0.1, -0.05) is 43.4 Å². The van der Waals surface area contributed by atoms with Gasteiger partial charge in [-0.25, -0.2) is 4.98 Å². The normalized spacial score (nSPS) is 10.9. The number of carbonyl (C=O) groups is 1. The third kappa shape index (κ3) is 6.03. The second-order valence-electron chi connectivity index (χ2n) is 7.60. The number of hydrogen-bond donors (Lipinski definition) is 0. The summed E-state index contributed by atoms with van der Waals surface area (Å²) in [7, 11) is 0. The maximum Gasteiger partial charge on any atom is 0.269 e. The third-order valence-corrected chi connectivity index (χ3v) is 6.41. The van der Waals surface area contributed by atoms with Crippen LogP contribution in [0.3, 0.4) is 0 Å². The van der Waals surface area contributed by atoms with Crippen LogP contribution in [-0.2, 0) is 11.2 Å². The molecule has 2 aromatic carbocycles. The summed E-state index contributed by atoms with van der Waals surface area (Å²) in [6.07, 6.45) is 0.171. The highest BCUT2D eigenvalue weighted by Crippen LogP contribution is 2.32. The maximum atomic E-state index is 13.3. The van der Waals surface area contributed by atoms with Gasteiger partial charge in [-0.05, 0) is 49.7 Å².